The molecule has 4 heteroatoms. The molecule has 18 heavy (non-hydrogen) atoms. The molecule has 1 saturated carbocycles. The van der Waals surface area contributed by atoms with Crippen molar-refractivity contribution in [2.45, 2.75) is 19.3 Å². The van der Waals surface area contributed by atoms with Crippen molar-refractivity contribution >= 4 is 5.91 Å². The average Bonchev–Trinajstić information content (AvgIpc) is 3.18. The zero-order valence-corrected chi connectivity index (χ0v) is 10.6. The largest absolute Gasteiger partial charge is 0.496 e. The lowest BCUT2D eigenvalue weighted by molar-refractivity contribution is -0.120. The van der Waals surface area contributed by atoms with Gasteiger partial charge in [-0.2, -0.15) is 0 Å². The second-order valence-corrected chi connectivity index (χ2v) is 4.92. The van der Waals surface area contributed by atoms with Gasteiger partial charge in [0.25, 0.3) is 0 Å². The summed E-state index contributed by atoms with van der Waals surface area (Å²) in [6.45, 7) is 0.722. The molecule has 98 valence electrons. The summed E-state index contributed by atoms with van der Waals surface area (Å²) in [6.07, 6.45) is 2.31. The Kier molecular flexibility index (Phi) is 3.87. The van der Waals surface area contributed by atoms with Gasteiger partial charge in [0.1, 0.15) is 5.75 Å². The van der Waals surface area contributed by atoms with Crippen LogP contribution in [0.3, 0.4) is 0 Å². The molecule has 0 aromatic heterocycles. The number of hydrogen-bond acceptors (Lipinski definition) is 3. The fourth-order valence-corrected chi connectivity index (χ4v) is 1.94. The minimum absolute atomic E-state index is 0.0285. The van der Waals surface area contributed by atoms with Gasteiger partial charge in [-0.25, -0.2) is 0 Å². The third-order valence-corrected chi connectivity index (χ3v) is 3.50. The first-order chi connectivity index (χ1) is 8.69. The SMILES string of the molecule is COc1ccccc1CC(=O)NCC1(CO)CC1. The minimum Gasteiger partial charge on any atom is -0.496 e. The van der Waals surface area contributed by atoms with Crippen LogP contribution in [0.25, 0.3) is 0 Å². The minimum atomic E-state index is -0.0452. The number of rotatable bonds is 6. The number of nitrogens with one attached hydrogen (secondary N) is 1. The van der Waals surface area contributed by atoms with Crippen LogP contribution in [0.1, 0.15) is 18.4 Å². The van der Waals surface area contributed by atoms with Crippen LogP contribution in [0.4, 0.5) is 0 Å². The Balaban J connectivity index is 1.87. The van der Waals surface area contributed by atoms with Crippen molar-refractivity contribution in [3.05, 3.63) is 29.8 Å². The topological polar surface area (TPSA) is 58.6 Å². The summed E-state index contributed by atoms with van der Waals surface area (Å²) in [4.78, 5) is 11.8. The fraction of sp³-hybridized carbons (Fsp3) is 0.500. The van der Waals surface area contributed by atoms with Crippen molar-refractivity contribution in [3.63, 3.8) is 0 Å². The monoisotopic (exact) mass is 249 g/mol. The van der Waals surface area contributed by atoms with Crippen molar-refractivity contribution in [3.8, 4) is 5.75 Å². The smallest absolute Gasteiger partial charge is 0.224 e. The molecule has 1 aromatic carbocycles. The molecule has 0 unspecified atom stereocenters. The first kappa shape index (κ1) is 12.9. The first-order valence-electron chi connectivity index (χ1n) is 6.18. The van der Waals surface area contributed by atoms with Crippen molar-refractivity contribution in [2.75, 3.05) is 20.3 Å². The Labute approximate surface area is 107 Å². The molecule has 0 aliphatic heterocycles. The van der Waals surface area contributed by atoms with Crippen molar-refractivity contribution in [2.24, 2.45) is 5.41 Å². The van der Waals surface area contributed by atoms with Gasteiger partial charge in [0, 0.05) is 17.5 Å². The van der Waals surface area contributed by atoms with Crippen LogP contribution in [0.5, 0.6) is 5.75 Å². The van der Waals surface area contributed by atoms with Gasteiger partial charge < -0.3 is 15.2 Å². The number of ether oxygens (including phenoxy) is 1. The van der Waals surface area contributed by atoms with Gasteiger partial charge in [0.2, 0.25) is 5.91 Å². The molecule has 0 atom stereocenters. The Hall–Kier alpha value is -1.55. The van der Waals surface area contributed by atoms with Gasteiger partial charge in [-0.05, 0) is 18.9 Å². The highest BCUT2D eigenvalue weighted by Crippen LogP contribution is 2.44. The highest BCUT2D eigenvalue weighted by molar-refractivity contribution is 5.79. The van der Waals surface area contributed by atoms with Crippen molar-refractivity contribution in [1.29, 1.82) is 0 Å². The molecule has 1 aliphatic carbocycles. The molecule has 0 saturated heterocycles. The molecule has 1 aromatic rings. The summed E-state index contributed by atoms with van der Waals surface area (Å²) < 4.78 is 5.21. The fourth-order valence-electron chi connectivity index (χ4n) is 1.94. The summed E-state index contributed by atoms with van der Waals surface area (Å²) in [5.41, 5.74) is 0.836. The second kappa shape index (κ2) is 5.40. The molecule has 0 radical (unpaired) electrons. The predicted molar refractivity (Wildman–Crippen MR) is 68.5 cm³/mol. The molecular weight excluding hydrogens is 230 g/mol. The van der Waals surface area contributed by atoms with E-state index < -0.39 is 0 Å². The van der Waals surface area contributed by atoms with E-state index in [2.05, 4.69) is 5.32 Å². The Bertz CT molecular complexity index is 427. The normalized spacial score (nSPS) is 16.1. The maximum Gasteiger partial charge on any atom is 0.224 e. The molecule has 2 rings (SSSR count). The van der Waals surface area contributed by atoms with E-state index in [4.69, 9.17) is 4.74 Å². The van der Waals surface area contributed by atoms with Crippen molar-refractivity contribution in [1.82, 2.24) is 5.32 Å². The van der Waals surface area contributed by atoms with E-state index in [1.54, 1.807) is 7.11 Å². The molecule has 0 spiro atoms. The average molecular weight is 249 g/mol. The number of carbonyl (C=O) groups excluding carboxylic acids is 1. The molecule has 1 aliphatic rings. The lowest BCUT2D eigenvalue weighted by Crippen LogP contribution is -2.32. The van der Waals surface area contributed by atoms with E-state index in [0.717, 1.165) is 24.2 Å². The first-order valence-corrected chi connectivity index (χ1v) is 6.18. The summed E-state index contributed by atoms with van der Waals surface area (Å²) >= 11 is 0. The van der Waals surface area contributed by atoms with E-state index in [9.17, 15) is 9.90 Å². The van der Waals surface area contributed by atoms with Gasteiger partial charge >= 0.3 is 0 Å². The summed E-state index contributed by atoms with van der Waals surface area (Å²) in [6, 6.07) is 7.50. The zero-order valence-electron chi connectivity index (χ0n) is 10.6. The summed E-state index contributed by atoms with van der Waals surface area (Å²) in [5, 5.41) is 12.1. The maximum atomic E-state index is 11.8. The zero-order chi connectivity index (χ0) is 13.0. The van der Waals surface area contributed by atoms with Gasteiger partial charge in [-0.1, -0.05) is 18.2 Å². The molecular formula is C14H19NO3. The molecule has 1 fully saturated rings. The number of hydrogen-bond donors (Lipinski definition) is 2. The van der Waals surface area contributed by atoms with E-state index in [-0.39, 0.29) is 17.9 Å². The quantitative estimate of drug-likeness (QED) is 0.794. The van der Waals surface area contributed by atoms with Gasteiger partial charge in [0.15, 0.2) is 0 Å². The van der Waals surface area contributed by atoms with E-state index in [1.165, 1.54) is 0 Å². The number of carbonyl (C=O) groups is 1. The number of para-hydroxylation sites is 1. The lowest BCUT2D eigenvalue weighted by Gasteiger charge is -2.13. The molecule has 1 amide bonds. The number of aliphatic hydroxyl groups excluding tert-OH is 1. The Morgan fingerprint density at radius 2 is 2.17 bits per heavy atom. The second-order valence-electron chi connectivity index (χ2n) is 4.92. The van der Waals surface area contributed by atoms with Gasteiger partial charge in [0.05, 0.1) is 20.1 Å². The molecule has 4 nitrogen and oxygen atoms in total. The lowest BCUT2D eigenvalue weighted by atomic mass is 10.1. The standard InChI is InChI=1S/C14H19NO3/c1-18-12-5-3-2-4-11(12)8-13(17)15-9-14(10-16)6-7-14/h2-5,16H,6-10H2,1H3,(H,15,17). The van der Waals surface area contributed by atoms with Gasteiger partial charge in [-0.3, -0.25) is 4.79 Å². The van der Waals surface area contributed by atoms with Gasteiger partial charge in [-0.15, -0.1) is 0 Å². The van der Waals surface area contributed by atoms with Crippen LogP contribution in [-0.4, -0.2) is 31.3 Å². The maximum absolute atomic E-state index is 11.8. The molecule has 2 N–H and O–H groups in total. The van der Waals surface area contributed by atoms with E-state index in [1.807, 2.05) is 24.3 Å². The molecule has 0 bridgehead atoms. The Morgan fingerprint density at radius 1 is 1.44 bits per heavy atom. The highest BCUT2D eigenvalue weighted by atomic mass is 16.5. The van der Waals surface area contributed by atoms with Crippen LogP contribution < -0.4 is 10.1 Å². The van der Waals surface area contributed by atoms with Crippen LogP contribution >= 0.6 is 0 Å². The third kappa shape index (κ3) is 3.01. The summed E-state index contributed by atoms with van der Waals surface area (Å²) in [5.74, 6) is 0.704. The summed E-state index contributed by atoms with van der Waals surface area (Å²) in [7, 11) is 1.60. The van der Waals surface area contributed by atoms with Crippen LogP contribution in [0.15, 0.2) is 24.3 Å². The Morgan fingerprint density at radius 3 is 2.78 bits per heavy atom. The van der Waals surface area contributed by atoms with Crippen LogP contribution in [-0.2, 0) is 11.2 Å². The van der Waals surface area contributed by atoms with E-state index in [0.29, 0.717) is 13.0 Å². The number of aliphatic hydroxyl groups is 1. The third-order valence-electron chi connectivity index (χ3n) is 3.50. The van der Waals surface area contributed by atoms with Crippen molar-refractivity contribution < 1.29 is 14.6 Å². The van der Waals surface area contributed by atoms with Crippen LogP contribution in [0.2, 0.25) is 0 Å². The predicted octanol–water partition coefficient (Wildman–Crippen LogP) is 1.13. The number of methoxy groups -OCH3 is 1. The van der Waals surface area contributed by atoms with Crippen LogP contribution in [0, 0.1) is 5.41 Å². The molecule has 0 heterocycles. The highest BCUT2D eigenvalue weighted by Gasteiger charge is 2.41. The number of amides is 1. The number of benzene rings is 1. The van der Waals surface area contributed by atoms with E-state index >= 15 is 0 Å².